The molecule has 1 heterocycles. The summed E-state index contributed by atoms with van der Waals surface area (Å²) < 4.78 is 6.10. The lowest BCUT2D eigenvalue weighted by Crippen LogP contribution is -2.29. The van der Waals surface area contributed by atoms with Gasteiger partial charge in [-0.3, -0.25) is 4.79 Å². The Morgan fingerprint density at radius 1 is 1.26 bits per heavy atom. The van der Waals surface area contributed by atoms with Crippen LogP contribution in [0.4, 0.5) is 0 Å². The molecule has 3 saturated carbocycles. The van der Waals surface area contributed by atoms with Crippen LogP contribution in [0.1, 0.15) is 58.8 Å². The Kier molecular flexibility index (Phi) is 2.65. The molecule has 2 nitrogen and oxygen atoms in total. The molecule has 5 unspecified atom stereocenters. The van der Waals surface area contributed by atoms with Gasteiger partial charge in [0.25, 0.3) is 0 Å². The first-order chi connectivity index (χ1) is 9.09. The van der Waals surface area contributed by atoms with Crippen LogP contribution in [0.25, 0.3) is 0 Å². The van der Waals surface area contributed by atoms with Gasteiger partial charge in [0.1, 0.15) is 5.78 Å². The minimum Gasteiger partial charge on any atom is -0.366 e. The molecular formula is C17H26O2. The third-order valence-corrected chi connectivity index (χ3v) is 6.59. The van der Waals surface area contributed by atoms with Gasteiger partial charge in [0.15, 0.2) is 0 Å². The molecule has 1 spiro atoms. The van der Waals surface area contributed by atoms with E-state index in [1.807, 2.05) is 0 Å². The lowest BCUT2D eigenvalue weighted by Gasteiger charge is -2.27. The summed E-state index contributed by atoms with van der Waals surface area (Å²) >= 11 is 0. The largest absolute Gasteiger partial charge is 0.366 e. The van der Waals surface area contributed by atoms with E-state index in [0.717, 1.165) is 6.42 Å². The van der Waals surface area contributed by atoms with Gasteiger partial charge in [0.05, 0.1) is 11.7 Å². The SMILES string of the molecule is CC(C)C1CCC2C[C@@H]3OC34CCC(CC(=O)C21)C4. The lowest BCUT2D eigenvalue weighted by molar-refractivity contribution is -0.126. The van der Waals surface area contributed by atoms with E-state index in [-0.39, 0.29) is 5.60 Å². The summed E-state index contributed by atoms with van der Waals surface area (Å²) in [5.41, 5.74) is 0.232. The first kappa shape index (κ1) is 12.4. The minimum atomic E-state index is 0.232. The molecule has 3 aliphatic carbocycles. The number of rotatable bonds is 1. The maximum atomic E-state index is 12.8. The number of carbonyl (C=O) groups excluding carboxylic acids is 1. The maximum Gasteiger partial charge on any atom is 0.136 e. The van der Waals surface area contributed by atoms with E-state index in [0.29, 0.717) is 41.5 Å². The van der Waals surface area contributed by atoms with Gasteiger partial charge in [-0.25, -0.2) is 0 Å². The molecule has 2 bridgehead atoms. The number of epoxide rings is 1. The number of ketones is 1. The van der Waals surface area contributed by atoms with Crippen molar-refractivity contribution in [2.75, 3.05) is 0 Å². The van der Waals surface area contributed by atoms with Gasteiger partial charge < -0.3 is 4.74 Å². The fraction of sp³-hybridized carbons (Fsp3) is 0.941. The summed E-state index contributed by atoms with van der Waals surface area (Å²) in [6, 6.07) is 0. The molecule has 0 amide bonds. The molecule has 4 fully saturated rings. The van der Waals surface area contributed by atoms with Crippen molar-refractivity contribution in [3.05, 3.63) is 0 Å². The second kappa shape index (κ2) is 4.07. The molecule has 1 aliphatic heterocycles. The molecule has 0 aromatic carbocycles. The highest BCUT2D eigenvalue weighted by molar-refractivity contribution is 5.82. The average molecular weight is 262 g/mol. The van der Waals surface area contributed by atoms with Crippen LogP contribution in [0, 0.1) is 29.6 Å². The Balaban J connectivity index is 1.61. The van der Waals surface area contributed by atoms with E-state index in [2.05, 4.69) is 13.8 Å². The van der Waals surface area contributed by atoms with Gasteiger partial charge in [0.2, 0.25) is 0 Å². The summed E-state index contributed by atoms with van der Waals surface area (Å²) in [5, 5.41) is 0. The number of fused-ring (bicyclic) bond motifs is 2. The zero-order valence-electron chi connectivity index (χ0n) is 12.2. The number of hydrogen-bond acceptors (Lipinski definition) is 2. The third-order valence-electron chi connectivity index (χ3n) is 6.59. The zero-order chi connectivity index (χ0) is 13.2. The zero-order valence-corrected chi connectivity index (χ0v) is 12.2. The highest BCUT2D eigenvalue weighted by atomic mass is 16.6. The van der Waals surface area contributed by atoms with Crippen molar-refractivity contribution in [1.29, 1.82) is 0 Å². The van der Waals surface area contributed by atoms with Crippen molar-refractivity contribution in [2.45, 2.75) is 70.5 Å². The van der Waals surface area contributed by atoms with Crippen LogP contribution in [0.3, 0.4) is 0 Å². The summed E-state index contributed by atoms with van der Waals surface area (Å²) in [6.07, 6.45) is 8.68. The van der Waals surface area contributed by atoms with E-state index in [4.69, 9.17) is 4.74 Å². The Morgan fingerprint density at radius 3 is 2.89 bits per heavy atom. The number of ether oxygens (including phenoxy) is 1. The molecule has 6 atom stereocenters. The van der Waals surface area contributed by atoms with Crippen molar-refractivity contribution >= 4 is 5.78 Å². The molecule has 4 aliphatic rings. The van der Waals surface area contributed by atoms with Gasteiger partial charge in [-0.15, -0.1) is 0 Å². The Hall–Kier alpha value is -0.370. The van der Waals surface area contributed by atoms with Crippen molar-refractivity contribution in [1.82, 2.24) is 0 Å². The molecular weight excluding hydrogens is 236 g/mol. The van der Waals surface area contributed by atoms with Crippen LogP contribution < -0.4 is 0 Å². The topological polar surface area (TPSA) is 29.6 Å². The van der Waals surface area contributed by atoms with Gasteiger partial charge >= 0.3 is 0 Å². The summed E-state index contributed by atoms with van der Waals surface area (Å²) in [5.74, 6) is 3.52. The van der Waals surface area contributed by atoms with E-state index in [1.165, 1.54) is 38.5 Å². The molecule has 1 saturated heterocycles. The summed E-state index contributed by atoms with van der Waals surface area (Å²) in [7, 11) is 0. The number of hydrogen-bond donors (Lipinski definition) is 0. The van der Waals surface area contributed by atoms with Crippen LogP contribution in [0.2, 0.25) is 0 Å². The molecule has 2 heteroatoms. The van der Waals surface area contributed by atoms with Crippen LogP contribution in [0.5, 0.6) is 0 Å². The Labute approximate surface area is 116 Å². The molecule has 106 valence electrons. The fourth-order valence-electron chi connectivity index (χ4n) is 5.55. The predicted octanol–water partition coefficient (Wildman–Crippen LogP) is 3.59. The van der Waals surface area contributed by atoms with Crippen molar-refractivity contribution in [3.63, 3.8) is 0 Å². The third kappa shape index (κ3) is 1.82. The van der Waals surface area contributed by atoms with E-state index >= 15 is 0 Å². The standard InChI is InChI=1S/C17H26O2/c1-10(2)13-4-3-12-8-15-17(19-15)6-5-11(9-17)7-14(18)16(12)13/h10-13,15-16H,3-9H2,1-2H3/t11?,12?,13?,15-,16?,17?/m0/s1. The lowest BCUT2D eigenvalue weighted by atomic mass is 9.76. The molecule has 0 aromatic heterocycles. The Bertz CT molecular complexity index is 402. The van der Waals surface area contributed by atoms with Crippen molar-refractivity contribution in [3.8, 4) is 0 Å². The monoisotopic (exact) mass is 262 g/mol. The van der Waals surface area contributed by atoms with Gasteiger partial charge in [-0.2, -0.15) is 0 Å². The first-order valence-electron chi connectivity index (χ1n) is 8.29. The molecule has 4 rings (SSSR count). The van der Waals surface area contributed by atoms with E-state index in [9.17, 15) is 4.79 Å². The highest BCUT2D eigenvalue weighted by Gasteiger charge is 2.62. The highest BCUT2D eigenvalue weighted by Crippen LogP contribution is 2.58. The quantitative estimate of drug-likeness (QED) is 0.676. The second-order valence-corrected chi connectivity index (χ2v) is 7.96. The van der Waals surface area contributed by atoms with Crippen LogP contribution in [0.15, 0.2) is 0 Å². The van der Waals surface area contributed by atoms with Crippen LogP contribution in [-0.2, 0) is 9.53 Å². The maximum absolute atomic E-state index is 12.8. The predicted molar refractivity (Wildman–Crippen MR) is 73.7 cm³/mol. The number of Topliss-reactive ketones (excluding diaryl/α,β-unsaturated/α-hetero) is 1. The van der Waals surface area contributed by atoms with E-state index < -0.39 is 0 Å². The molecule has 19 heavy (non-hydrogen) atoms. The van der Waals surface area contributed by atoms with Gasteiger partial charge in [0, 0.05) is 12.3 Å². The first-order valence-corrected chi connectivity index (χ1v) is 8.29. The summed E-state index contributed by atoms with van der Waals surface area (Å²) in [6.45, 7) is 4.60. The second-order valence-electron chi connectivity index (χ2n) is 7.96. The average Bonchev–Trinajstić information content (AvgIpc) is 2.74. The van der Waals surface area contributed by atoms with Gasteiger partial charge in [-0.05, 0) is 62.2 Å². The fourth-order valence-corrected chi connectivity index (χ4v) is 5.55. The number of carbonyl (C=O) groups is 1. The molecule has 0 aromatic rings. The van der Waals surface area contributed by atoms with Crippen molar-refractivity contribution in [2.24, 2.45) is 29.6 Å². The molecule has 0 radical (unpaired) electrons. The van der Waals surface area contributed by atoms with E-state index in [1.54, 1.807) is 0 Å². The summed E-state index contributed by atoms with van der Waals surface area (Å²) in [4.78, 5) is 12.8. The smallest absolute Gasteiger partial charge is 0.136 e. The van der Waals surface area contributed by atoms with Crippen molar-refractivity contribution < 1.29 is 9.53 Å². The van der Waals surface area contributed by atoms with Gasteiger partial charge in [-0.1, -0.05) is 13.8 Å². The normalized spacial score (nSPS) is 52.4. The van der Waals surface area contributed by atoms with Crippen LogP contribution in [-0.4, -0.2) is 17.5 Å². The minimum absolute atomic E-state index is 0.232. The van der Waals surface area contributed by atoms with Crippen LogP contribution >= 0.6 is 0 Å². The Morgan fingerprint density at radius 2 is 2.11 bits per heavy atom. The molecule has 0 N–H and O–H groups in total.